The summed E-state index contributed by atoms with van der Waals surface area (Å²) < 4.78 is 11.3. The fourth-order valence-electron chi connectivity index (χ4n) is 4.62. The van der Waals surface area contributed by atoms with Gasteiger partial charge >= 0.3 is 11.9 Å². The molecular weight excluding hydrogens is 352 g/mol. The van der Waals surface area contributed by atoms with E-state index in [1.54, 1.807) is 24.3 Å². The monoisotopic (exact) mass is 386 g/mol. The summed E-state index contributed by atoms with van der Waals surface area (Å²) in [7, 11) is 0. The zero-order valence-corrected chi connectivity index (χ0v) is 17.3. The highest BCUT2D eigenvalue weighted by Gasteiger charge is 2.25. The van der Waals surface area contributed by atoms with Crippen molar-refractivity contribution in [1.82, 2.24) is 0 Å². The SMILES string of the molecule is CC(OC(=O)c1ccc(C(=O)OC(C)C2CCCCC2)cc1)C1CCCCC1. The number of esters is 2. The molecule has 0 aliphatic heterocycles. The van der Waals surface area contributed by atoms with Crippen LogP contribution in [-0.4, -0.2) is 24.1 Å². The van der Waals surface area contributed by atoms with Gasteiger partial charge in [-0.25, -0.2) is 9.59 Å². The number of carbonyl (C=O) groups excluding carboxylic acids is 2. The van der Waals surface area contributed by atoms with Crippen LogP contribution in [0.3, 0.4) is 0 Å². The Morgan fingerprint density at radius 3 is 1.32 bits per heavy atom. The molecule has 2 aliphatic carbocycles. The first-order valence-electron chi connectivity index (χ1n) is 11.1. The van der Waals surface area contributed by atoms with Crippen molar-refractivity contribution < 1.29 is 19.1 Å². The summed E-state index contributed by atoms with van der Waals surface area (Å²) in [5.74, 6) is 0.309. The molecule has 0 N–H and O–H groups in total. The molecule has 2 aliphatic rings. The van der Waals surface area contributed by atoms with E-state index in [1.165, 1.54) is 38.5 Å². The molecule has 4 nitrogen and oxygen atoms in total. The van der Waals surface area contributed by atoms with Crippen molar-refractivity contribution in [1.29, 1.82) is 0 Å². The normalized spacial score (nSPS) is 20.9. The smallest absolute Gasteiger partial charge is 0.338 e. The lowest BCUT2D eigenvalue weighted by atomic mass is 9.86. The molecule has 0 amide bonds. The Labute approximate surface area is 169 Å². The Hall–Kier alpha value is -1.84. The highest BCUT2D eigenvalue weighted by Crippen LogP contribution is 2.29. The van der Waals surface area contributed by atoms with E-state index in [0.29, 0.717) is 23.0 Å². The third kappa shape index (κ3) is 5.59. The van der Waals surface area contributed by atoms with Crippen LogP contribution in [0.1, 0.15) is 98.8 Å². The molecular formula is C24H34O4. The van der Waals surface area contributed by atoms with E-state index in [9.17, 15) is 9.59 Å². The van der Waals surface area contributed by atoms with Crippen molar-refractivity contribution in [3.63, 3.8) is 0 Å². The lowest BCUT2D eigenvalue weighted by molar-refractivity contribution is 0.0128. The van der Waals surface area contributed by atoms with Crippen LogP contribution in [0.15, 0.2) is 24.3 Å². The highest BCUT2D eigenvalue weighted by molar-refractivity contribution is 5.93. The van der Waals surface area contributed by atoms with Gasteiger partial charge in [-0.05, 0) is 75.6 Å². The molecule has 0 heterocycles. The second kappa shape index (κ2) is 10.1. The average Bonchev–Trinajstić information content (AvgIpc) is 2.75. The Morgan fingerprint density at radius 2 is 1.00 bits per heavy atom. The molecule has 2 atom stereocenters. The van der Waals surface area contributed by atoms with Gasteiger partial charge < -0.3 is 9.47 Å². The van der Waals surface area contributed by atoms with Crippen molar-refractivity contribution in [2.75, 3.05) is 0 Å². The topological polar surface area (TPSA) is 52.6 Å². The summed E-state index contributed by atoms with van der Waals surface area (Å²) in [6.45, 7) is 3.98. The van der Waals surface area contributed by atoms with Crippen LogP contribution in [-0.2, 0) is 9.47 Å². The average molecular weight is 387 g/mol. The van der Waals surface area contributed by atoms with Gasteiger partial charge in [0.1, 0.15) is 12.2 Å². The zero-order valence-electron chi connectivity index (χ0n) is 17.3. The lowest BCUT2D eigenvalue weighted by Gasteiger charge is -2.27. The van der Waals surface area contributed by atoms with Crippen molar-refractivity contribution in [3.05, 3.63) is 35.4 Å². The van der Waals surface area contributed by atoms with Gasteiger partial charge in [-0.3, -0.25) is 0 Å². The highest BCUT2D eigenvalue weighted by atomic mass is 16.5. The fraction of sp³-hybridized carbons (Fsp3) is 0.667. The van der Waals surface area contributed by atoms with Gasteiger partial charge in [0.15, 0.2) is 0 Å². The minimum Gasteiger partial charge on any atom is -0.459 e. The third-order valence-corrected chi connectivity index (χ3v) is 6.57. The Balaban J connectivity index is 1.51. The van der Waals surface area contributed by atoms with Crippen LogP contribution >= 0.6 is 0 Å². The van der Waals surface area contributed by atoms with Crippen LogP contribution in [0, 0.1) is 11.8 Å². The van der Waals surface area contributed by atoms with Gasteiger partial charge in [0, 0.05) is 0 Å². The number of carbonyl (C=O) groups is 2. The fourth-order valence-corrected chi connectivity index (χ4v) is 4.62. The summed E-state index contributed by atoms with van der Waals surface area (Å²) in [5, 5.41) is 0. The molecule has 2 fully saturated rings. The van der Waals surface area contributed by atoms with Gasteiger partial charge in [0.25, 0.3) is 0 Å². The number of hydrogen-bond donors (Lipinski definition) is 0. The molecule has 154 valence electrons. The molecule has 0 saturated heterocycles. The third-order valence-electron chi connectivity index (χ3n) is 6.57. The molecule has 1 aromatic rings. The molecule has 2 unspecified atom stereocenters. The van der Waals surface area contributed by atoms with E-state index >= 15 is 0 Å². The number of benzene rings is 1. The predicted octanol–water partition coefficient (Wildman–Crippen LogP) is 5.94. The van der Waals surface area contributed by atoms with E-state index in [1.807, 2.05) is 13.8 Å². The van der Waals surface area contributed by atoms with Crippen LogP contribution < -0.4 is 0 Å². The molecule has 0 radical (unpaired) electrons. The molecule has 2 saturated carbocycles. The van der Waals surface area contributed by atoms with Gasteiger partial charge in [0.05, 0.1) is 11.1 Å². The van der Waals surface area contributed by atoms with E-state index in [-0.39, 0.29) is 24.1 Å². The molecule has 0 spiro atoms. The van der Waals surface area contributed by atoms with Gasteiger partial charge in [-0.15, -0.1) is 0 Å². The summed E-state index contributed by atoms with van der Waals surface area (Å²) in [6.07, 6.45) is 11.9. The summed E-state index contributed by atoms with van der Waals surface area (Å²) in [4.78, 5) is 24.8. The first-order valence-corrected chi connectivity index (χ1v) is 11.1. The molecule has 28 heavy (non-hydrogen) atoms. The molecule has 1 aromatic carbocycles. The molecule has 0 aromatic heterocycles. The van der Waals surface area contributed by atoms with Gasteiger partial charge in [-0.2, -0.15) is 0 Å². The van der Waals surface area contributed by atoms with E-state index in [4.69, 9.17) is 9.47 Å². The summed E-state index contributed by atoms with van der Waals surface area (Å²) >= 11 is 0. The minimum atomic E-state index is -0.312. The minimum absolute atomic E-state index is 0.0613. The van der Waals surface area contributed by atoms with Crippen molar-refractivity contribution in [2.45, 2.75) is 90.3 Å². The molecule has 4 heteroatoms. The van der Waals surface area contributed by atoms with E-state index < -0.39 is 0 Å². The van der Waals surface area contributed by atoms with Crippen molar-refractivity contribution in [3.8, 4) is 0 Å². The first-order chi connectivity index (χ1) is 13.5. The second-order valence-corrected chi connectivity index (χ2v) is 8.59. The van der Waals surface area contributed by atoms with Gasteiger partial charge in [-0.1, -0.05) is 38.5 Å². The summed E-state index contributed by atoms with van der Waals surface area (Å²) in [5.41, 5.74) is 0.971. The maximum atomic E-state index is 12.4. The Bertz CT molecular complexity index is 582. The number of ether oxygens (including phenoxy) is 2. The predicted molar refractivity (Wildman–Crippen MR) is 109 cm³/mol. The first kappa shape index (κ1) is 20.9. The number of rotatable bonds is 6. The van der Waals surface area contributed by atoms with Crippen LogP contribution in [0.2, 0.25) is 0 Å². The standard InChI is InChI=1S/C24H34O4/c1-17(19-9-5-3-6-10-19)27-23(25)21-13-15-22(16-14-21)24(26)28-18(2)20-11-7-4-8-12-20/h13-20H,3-12H2,1-2H3. The second-order valence-electron chi connectivity index (χ2n) is 8.59. The van der Waals surface area contributed by atoms with E-state index in [0.717, 1.165) is 25.7 Å². The summed E-state index contributed by atoms with van der Waals surface area (Å²) in [6, 6.07) is 6.66. The molecule has 3 rings (SSSR count). The quantitative estimate of drug-likeness (QED) is 0.568. The largest absolute Gasteiger partial charge is 0.459 e. The molecule has 0 bridgehead atoms. The lowest BCUT2D eigenvalue weighted by Crippen LogP contribution is -2.26. The Morgan fingerprint density at radius 1 is 0.679 bits per heavy atom. The van der Waals surface area contributed by atoms with Crippen LogP contribution in [0.5, 0.6) is 0 Å². The van der Waals surface area contributed by atoms with E-state index in [2.05, 4.69) is 0 Å². The zero-order chi connectivity index (χ0) is 19.9. The van der Waals surface area contributed by atoms with Crippen LogP contribution in [0.4, 0.5) is 0 Å². The Kier molecular flexibility index (Phi) is 7.52. The van der Waals surface area contributed by atoms with Crippen molar-refractivity contribution >= 4 is 11.9 Å². The van der Waals surface area contributed by atoms with Crippen molar-refractivity contribution in [2.24, 2.45) is 11.8 Å². The van der Waals surface area contributed by atoms with Gasteiger partial charge in [0.2, 0.25) is 0 Å². The maximum absolute atomic E-state index is 12.4. The van der Waals surface area contributed by atoms with Crippen LogP contribution in [0.25, 0.3) is 0 Å². The maximum Gasteiger partial charge on any atom is 0.338 e. The number of hydrogen-bond acceptors (Lipinski definition) is 4.